The smallest absolute Gasteiger partial charge is 0.243 e. The predicted octanol–water partition coefficient (Wildman–Crippen LogP) is 3.22. The third-order valence-electron chi connectivity index (χ3n) is 7.23. The van der Waals surface area contributed by atoms with Crippen LogP contribution < -0.4 is 20.7 Å². The maximum Gasteiger partial charge on any atom is 0.243 e. The molecule has 0 bridgehead atoms. The van der Waals surface area contributed by atoms with Gasteiger partial charge in [0, 0.05) is 6.42 Å². The first-order chi connectivity index (χ1) is 18.6. The van der Waals surface area contributed by atoms with Gasteiger partial charge in [0.15, 0.2) is 5.78 Å². The molecule has 0 radical (unpaired) electrons. The zero-order valence-corrected chi connectivity index (χ0v) is 23.8. The highest BCUT2D eigenvalue weighted by atomic mass is 16.6. The van der Waals surface area contributed by atoms with Gasteiger partial charge in [0.25, 0.3) is 0 Å². The summed E-state index contributed by atoms with van der Waals surface area (Å²) in [7, 11) is 3.36. The topological polar surface area (TPSA) is 109 Å². The summed E-state index contributed by atoms with van der Waals surface area (Å²) in [6.45, 7) is 6.29. The van der Waals surface area contributed by atoms with Crippen LogP contribution in [0.1, 0.15) is 51.2 Å². The first-order valence-corrected chi connectivity index (χ1v) is 13.8. The summed E-state index contributed by atoms with van der Waals surface area (Å²) in [4.78, 5) is 40.1. The molecular weight excluding hydrogens is 494 g/mol. The second-order valence-corrected chi connectivity index (χ2v) is 10.9. The number of carbonyl (C=O) groups is 3. The van der Waals surface area contributed by atoms with Crippen molar-refractivity contribution in [3.05, 3.63) is 65.7 Å². The highest BCUT2D eigenvalue weighted by Crippen LogP contribution is 2.29. The van der Waals surface area contributed by atoms with E-state index in [4.69, 9.17) is 9.47 Å². The number of likely N-dealkylation sites (N-methyl/N-ethyl adjacent to an activating group) is 1. The fourth-order valence-corrected chi connectivity index (χ4v) is 4.50. The van der Waals surface area contributed by atoms with Gasteiger partial charge in [0.1, 0.15) is 17.4 Å². The van der Waals surface area contributed by atoms with E-state index in [0.29, 0.717) is 38.2 Å². The zero-order chi connectivity index (χ0) is 28.4. The lowest BCUT2D eigenvalue weighted by molar-refractivity contribution is -0.133. The lowest BCUT2D eigenvalue weighted by Gasteiger charge is -2.26. The SMILES string of the molecule is CN[C@@H](CCc1ccc(OC)cc1)C(=O)N[C@@H](Cc1ccccc1)C(=O)N[C@@H](CCC(C)C)C(=O)[C@@]1(C)CO1. The van der Waals surface area contributed by atoms with Gasteiger partial charge in [0.05, 0.1) is 25.8 Å². The summed E-state index contributed by atoms with van der Waals surface area (Å²) in [5, 5.41) is 9.00. The Labute approximate surface area is 232 Å². The molecule has 3 N–H and O–H groups in total. The average molecular weight is 538 g/mol. The van der Waals surface area contributed by atoms with Crippen molar-refractivity contribution in [1.82, 2.24) is 16.0 Å². The van der Waals surface area contributed by atoms with Crippen molar-refractivity contribution in [2.75, 3.05) is 20.8 Å². The predicted molar refractivity (Wildman–Crippen MR) is 152 cm³/mol. The van der Waals surface area contributed by atoms with E-state index in [1.165, 1.54) is 0 Å². The molecule has 0 saturated carbocycles. The molecule has 2 aromatic rings. The summed E-state index contributed by atoms with van der Waals surface area (Å²) in [6.07, 6.45) is 2.86. The quantitative estimate of drug-likeness (QED) is 0.284. The number of benzene rings is 2. The minimum atomic E-state index is -0.841. The molecule has 0 unspecified atom stereocenters. The van der Waals surface area contributed by atoms with E-state index in [-0.39, 0.29) is 17.6 Å². The van der Waals surface area contributed by atoms with E-state index in [0.717, 1.165) is 23.3 Å². The van der Waals surface area contributed by atoms with Gasteiger partial charge in [0.2, 0.25) is 11.8 Å². The molecule has 2 aromatic carbocycles. The van der Waals surface area contributed by atoms with Gasteiger partial charge in [-0.2, -0.15) is 0 Å². The molecule has 0 aliphatic carbocycles. The van der Waals surface area contributed by atoms with Crippen LogP contribution in [0.4, 0.5) is 0 Å². The van der Waals surface area contributed by atoms with Crippen LogP contribution in [0.3, 0.4) is 0 Å². The Bertz CT molecular complexity index is 1080. The molecule has 39 heavy (non-hydrogen) atoms. The van der Waals surface area contributed by atoms with Gasteiger partial charge in [-0.3, -0.25) is 14.4 Å². The number of rotatable bonds is 16. The number of nitrogens with one attached hydrogen (secondary N) is 3. The second kappa shape index (κ2) is 14.2. The number of carbonyl (C=O) groups excluding carboxylic acids is 3. The largest absolute Gasteiger partial charge is 0.497 e. The number of aryl methyl sites for hydroxylation is 1. The van der Waals surface area contributed by atoms with E-state index in [2.05, 4.69) is 29.8 Å². The molecule has 0 aromatic heterocycles. The Kier molecular flexibility index (Phi) is 11.1. The molecule has 1 aliphatic heterocycles. The van der Waals surface area contributed by atoms with Crippen molar-refractivity contribution in [3.63, 3.8) is 0 Å². The van der Waals surface area contributed by atoms with Gasteiger partial charge < -0.3 is 25.4 Å². The third kappa shape index (κ3) is 9.18. The molecular formula is C31H43N3O5. The molecule has 0 spiro atoms. The maximum absolute atomic E-state index is 13.6. The van der Waals surface area contributed by atoms with E-state index in [1.807, 2.05) is 54.6 Å². The molecule has 1 saturated heterocycles. The average Bonchev–Trinajstić information content (AvgIpc) is 3.69. The van der Waals surface area contributed by atoms with Crippen molar-refractivity contribution in [2.45, 2.75) is 76.6 Å². The molecule has 8 nitrogen and oxygen atoms in total. The van der Waals surface area contributed by atoms with Crippen LogP contribution >= 0.6 is 0 Å². The lowest BCUT2D eigenvalue weighted by atomic mass is 9.93. The van der Waals surface area contributed by atoms with Crippen molar-refractivity contribution in [3.8, 4) is 5.75 Å². The fraction of sp³-hybridized carbons (Fsp3) is 0.516. The molecule has 1 aliphatic rings. The summed E-state index contributed by atoms with van der Waals surface area (Å²) in [5.41, 5.74) is 1.16. The monoisotopic (exact) mass is 537 g/mol. The van der Waals surface area contributed by atoms with Gasteiger partial charge >= 0.3 is 0 Å². The Morgan fingerprint density at radius 2 is 1.49 bits per heavy atom. The summed E-state index contributed by atoms with van der Waals surface area (Å²) in [6, 6.07) is 15.3. The molecule has 1 heterocycles. The van der Waals surface area contributed by atoms with Crippen LogP contribution in [0.5, 0.6) is 5.75 Å². The molecule has 8 heteroatoms. The number of Topliss-reactive ketones (excluding diaryl/α,β-unsaturated/α-hetero) is 1. The van der Waals surface area contributed by atoms with Crippen LogP contribution in [-0.4, -0.2) is 62.1 Å². The first kappa shape index (κ1) is 30.3. The highest BCUT2D eigenvalue weighted by Gasteiger charge is 2.50. The number of methoxy groups -OCH3 is 1. The van der Waals surface area contributed by atoms with E-state index in [1.54, 1.807) is 21.1 Å². The van der Waals surface area contributed by atoms with Crippen LogP contribution in [0.25, 0.3) is 0 Å². The summed E-state index contributed by atoms with van der Waals surface area (Å²) < 4.78 is 10.6. The highest BCUT2D eigenvalue weighted by molar-refractivity contribution is 5.98. The number of hydrogen-bond donors (Lipinski definition) is 3. The molecule has 2 amide bonds. The lowest BCUT2D eigenvalue weighted by Crippen LogP contribution is -2.56. The minimum Gasteiger partial charge on any atom is -0.497 e. The number of ketones is 1. The van der Waals surface area contributed by atoms with E-state index >= 15 is 0 Å². The fourth-order valence-electron chi connectivity index (χ4n) is 4.50. The summed E-state index contributed by atoms with van der Waals surface area (Å²) in [5.74, 6) is 0.415. The Hall–Kier alpha value is -3.23. The van der Waals surface area contributed by atoms with Crippen LogP contribution in [-0.2, 0) is 32.0 Å². The van der Waals surface area contributed by atoms with Crippen molar-refractivity contribution < 1.29 is 23.9 Å². The second-order valence-electron chi connectivity index (χ2n) is 10.9. The normalized spacial score (nSPS) is 18.6. The Balaban J connectivity index is 1.71. The van der Waals surface area contributed by atoms with Gasteiger partial charge in [-0.1, -0.05) is 56.3 Å². The van der Waals surface area contributed by atoms with Gasteiger partial charge in [-0.25, -0.2) is 0 Å². The van der Waals surface area contributed by atoms with E-state index < -0.39 is 23.7 Å². The van der Waals surface area contributed by atoms with Crippen molar-refractivity contribution >= 4 is 17.6 Å². The van der Waals surface area contributed by atoms with Crippen molar-refractivity contribution in [2.24, 2.45) is 5.92 Å². The first-order valence-electron chi connectivity index (χ1n) is 13.8. The molecule has 3 rings (SSSR count). The maximum atomic E-state index is 13.6. The molecule has 212 valence electrons. The Morgan fingerprint density at radius 1 is 0.872 bits per heavy atom. The number of amides is 2. The zero-order valence-electron chi connectivity index (χ0n) is 23.8. The summed E-state index contributed by atoms with van der Waals surface area (Å²) >= 11 is 0. The van der Waals surface area contributed by atoms with Crippen molar-refractivity contribution in [1.29, 1.82) is 0 Å². The van der Waals surface area contributed by atoms with Crippen LogP contribution in [0.2, 0.25) is 0 Å². The minimum absolute atomic E-state index is 0.117. The number of hydrogen-bond acceptors (Lipinski definition) is 6. The van der Waals surface area contributed by atoms with Crippen LogP contribution in [0.15, 0.2) is 54.6 Å². The standard InChI is InChI=1S/C31H43N3O5/c1-21(2)11-17-25(28(35)31(3)20-39-31)33-30(37)27(19-23-9-7-6-8-10-23)34-29(36)26(32-4)18-14-22-12-15-24(38-5)16-13-22/h6-10,12-13,15-16,21,25-27,32H,11,14,17-20H2,1-5H3,(H,33,37)(H,34,36)/t25-,26-,27-,31+/m0/s1. The van der Waals surface area contributed by atoms with Gasteiger partial charge in [-0.15, -0.1) is 0 Å². The number of epoxide rings is 1. The van der Waals surface area contributed by atoms with Crippen LogP contribution in [0, 0.1) is 5.92 Å². The number of ether oxygens (including phenoxy) is 2. The third-order valence-corrected chi connectivity index (χ3v) is 7.23. The van der Waals surface area contributed by atoms with Gasteiger partial charge in [-0.05, 0) is 68.8 Å². The van der Waals surface area contributed by atoms with E-state index in [9.17, 15) is 14.4 Å². The Morgan fingerprint density at radius 3 is 2.05 bits per heavy atom. The molecule has 1 fully saturated rings. The molecule has 4 atom stereocenters.